The first-order chi connectivity index (χ1) is 20.4. The summed E-state index contributed by atoms with van der Waals surface area (Å²) in [6.07, 6.45) is 5.68. The maximum atomic E-state index is 14.0. The van der Waals surface area contributed by atoms with Crippen LogP contribution in [0.3, 0.4) is 0 Å². The summed E-state index contributed by atoms with van der Waals surface area (Å²) in [5, 5.41) is 36.1. The van der Waals surface area contributed by atoms with Crippen molar-refractivity contribution >= 4 is 23.7 Å². The number of carbonyl (C=O) groups excluding carboxylic acids is 3. The highest BCUT2D eigenvalue weighted by atomic mass is 16.4. The minimum atomic E-state index is -1.40. The number of likely N-dealkylation sites (N-methyl/N-ethyl adjacent to an activating group) is 2. The monoisotopic (exact) mass is 604 g/mol. The van der Waals surface area contributed by atoms with E-state index in [0.717, 1.165) is 32.1 Å². The van der Waals surface area contributed by atoms with Crippen LogP contribution in [0.25, 0.3) is 0 Å². The lowest BCUT2D eigenvalue weighted by atomic mass is 9.98. The van der Waals surface area contributed by atoms with Crippen LogP contribution in [-0.2, 0) is 25.6 Å². The quantitative estimate of drug-likeness (QED) is 0.160. The molecule has 43 heavy (non-hydrogen) atoms. The van der Waals surface area contributed by atoms with Crippen molar-refractivity contribution in [2.45, 2.75) is 115 Å². The Kier molecular flexibility index (Phi) is 14.9. The zero-order chi connectivity index (χ0) is 32.1. The number of nitrogens with zero attached hydrogens (tertiary/aromatic N) is 2. The van der Waals surface area contributed by atoms with Gasteiger partial charge in [-0.1, -0.05) is 65.0 Å². The number of hydrogen-bond donors (Lipinski definition) is 5. The molecule has 1 heterocycles. The minimum Gasteiger partial charge on any atom is -0.508 e. The number of carboxylic acids is 1. The standard InChI is InChI=1S/C32H52N4O7/c1-6-7-8-9-10-12-24(33-4)28(38)29(39)34-25(20-22-14-16-23(37)17-15-22)30(40)35(5)27(19-21(2)3)31(41)36-18-11-13-26(36)32(42)43/h14-17,21,24-28,33,37-38H,6-13,18-20H2,1-5H3,(H,34,39)(H,42,43)/t24-,25+,26-,27-,28-/m0/s1. The summed E-state index contributed by atoms with van der Waals surface area (Å²) in [7, 11) is 3.18. The summed E-state index contributed by atoms with van der Waals surface area (Å²) >= 11 is 0. The molecule has 0 aromatic heterocycles. The van der Waals surface area contributed by atoms with Crippen LogP contribution < -0.4 is 10.6 Å². The van der Waals surface area contributed by atoms with Crippen LogP contribution in [0.1, 0.15) is 84.1 Å². The van der Waals surface area contributed by atoms with Gasteiger partial charge in [-0.2, -0.15) is 0 Å². The van der Waals surface area contributed by atoms with Crippen molar-refractivity contribution in [3.05, 3.63) is 29.8 Å². The minimum absolute atomic E-state index is 0.0238. The Morgan fingerprint density at radius 3 is 2.30 bits per heavy atom. The third-order valence-corrected chi connectivity index (χ3v) is 8.25. The van der Waals surface area contributed by atoms with Crippen LogP contribution >= 0.6 is 0 Å². The van der Waals surface area contributed by atoms with Crippen LogP contribution in [0, 0.1) is 5.92 Å². The number of phenolic OH excluding ortho intramolecular Hbond substituents is 1. The second-order valence-corrected chi connectivity index (χ2v) is 12.1. The second-order valence-electron chi connectivity index (χ2n) is 12.1. The number of hydrogen-bond acceptors (Lipinski definition) is 7. The fourth-order valence-corrected chi connectivity index (χ4v) is 5.68. The maximum absolute atomic E-state index is 14.0. The first-order valence-corrected chi connectivity index (χ1v) is 15.6. The number of amides is 3. The van der Waals surface area contributed by atoms with Gasteiger partial charge in [0.15, 0.2) is 0 Å². The molecule has 3 amide bonds. The number of likely N-dealkylation sites (tertiary alicyclic amines) is 1. The van der Waals surface area contributed by atoms with Crippen molar-refractivity contribution in [2.75, 3.05) is 20.6 Å². The number of aliphatic hydroxyl groups excluding tert-OH is 1. The van der Waals surface area contributed by atoms with Gasteiger partial charge in [-0.05, 0) is 56.3 Å². The number of unbranched alkanes of at least 4 members (excludes halogenated alkanes) is 4. The van der Waals surface area contributed by atoms with Crippen molar-refractivity contribution in [1.82, 2.24) is 20.4 Å². The van der Waals surface area contributed by atoms with E-state index >= 15 is 0 Å². The fraction of sp³-hybridized carbons (Fsp3) is 0.688. The Morgan fingerprint density at radius 1 is 1.07 bits per heavy atom. The summed E-state index contributed by atoms with van der Waals surface area (Å²) in [4.78, 5) is 55.5. The van der Waals surface area contributed by atoms with Gasteiger partial charge in [-0.15, -0.1) is 0 Å². The Balaban J connectivity index is 2.29. The predicted octanol–water partition coefficient (Wildman–Crippen LogP) is 2.68. The molecular weight excluding hydrogens is 552 g/mol. The van der Waals surface area contributed by atoms with E-state index in [9.17, 15) is 34.5 Å². The van der Waals surface area contributed by atoms with E-state index < -0.39 is 54.0 Å². The average molecular weight is 605 g/mol. The van der Waals surface area contributed by atoms with Gasteiger partial charge in [-0.3, -0.25) is 14.4 Å². The Morgan fingerprint density at radius 2 is 1.72 bits per heavy atom. The largest absolute Gasteiger partial charge is 0.508 e. The number of phenols is 1. The van der Waals surface area contributed by atoms with Crippen LogP contribution in [0.4, 0.5) is 0 Å². The SMILES string of the molecule is CCCCCCC[C@H](NC)[C@H](O)C(=O)N[C@H](Cc1ccc(O)cc1)C(=O)N(C)[C@@H](CC(C)C)C(=O)N1CCC[C@H]1C(=O)O. The molecule has 5 atom stereocenters. The number of rotatable bonds is 18. The molecule has 242 valence electrons. The molecule has 0 saturated carbocycles. The van der Waals surface area contributed by atoms with Crippen LogP contribution in [0.5, 0.6) is 5.75 Å². The molecule has 1 aliphatic rings. The number of aromatic hydroxyl groups is 1. The number of carbonyl (C=O) groups is 4. The van der Waals surface area contributed by atoms with Crippen molar-refractivity contribution in [2.24, 2.45) is 5.92 Å². The van der Waals surface area contributed by atoms with Crippen molar-refractivity contribution < 1.29 is 34.5 Å². The van der Waals surface area contributed by atoms with E-state index in [1.165, 1.54) is 29.0 Å². The van der Waals surface area contributed by atoms with Gasteiger partial charge >= 0.3 is 5.97 Å². The van der Waals surface area contributed by atoms with Crippen molar-refractivity contribution in [1.29, 1.82) is 0 Å². The molecule has 0 bridgehead atoms. The van der Waals surface area contributed by atoms with Gasteiger partial charge < -0.3 is 35.8 Å². The molecule has 11 nitrogen and oxygen atoms in total. The lowest BCUT2D eigenvalue weighted by Crippen LogP contribution is -2.58. The highest BCUT2D eigenvalue weighted by molar-refractivity contribution is 5.94. The summed E-state index contributed by atoms with van der Waals surface area (Å²) in [6, 6.07) is 2.78. The zero-order valence-corrected chi connectivity index (χ0v) is 26.4. The molecule has 5 N–H and O–H groups in total. The topological polar surface area (TPSA) is 160 Å². The molecular formula is C32H52N4O7. The molecule has 1 fully saturated rings. The van der Waals surface area contributed by atoms with Crippen molar-refractivity contribution in [3.63, 3.8) is 0 Å². The third-order valence-electron chi connectivity index (χ3n) is 8.25. The zero-order valence-electron chi connectivity index (χ0n) is 26.4. The predicted molar refractivity (Wildman–Crippen MR) is 164 cm³/mol. The van der Waals surface area contributed by atoms with E-state index in [1.807, 2.05) is 13.8 Å². The summed E-state index contributed by atoms with van der Waals surface area (Å²) < 4.78 is 0. The molecule has 1 aliphatic heterocycles. The second kappa shape index (κ2) is 17.8. The maximum Gasteiger partial charge on any atom is 0.326 e. The molecule has 0 unspecified atom stereocenters. The lowest BCUT2D eigenvalue weighted by Gasteiger charge is -2.35. The summed E-state index contributed by atoms with van der Waals surface area (Å²) in [5.41, 5.74) is 0.664. The number of aliphatic hydroxyl groups is 1. The number of benzene rings is 1. The van der Waals surface area contributed by atoms with E-state index in [4.69, 9.17) is 0 Å². The number of carboxylic acid groups (broad SMARTS) is 1. The van der Waals surface area contributed by atoms with Gasteiger partial charge in [-0.25, -0.2) is 4.79 Å². The van der Waals surface area contributed by atoms with Gasteiger partial charge in [0.25, 0.3) is 5.91 Å². The van der Waals surface area contributed by atoms with Gasteiger partial charge in [0.2, 0.25) is 11.8 Å². The molecule has 0 radical (unpaired) electrons. The van der Waals surface area contributed by atoms with Crippen LogP contribution in [0.2, 0.25) is 0 Å². The lowest BCUT2D eigenvalue weighted by molar-refractivity contribution is -0.153. The summed E-state index contributed by atoms with van der Waals surface area (Å²) in [6.45, 7) is 6.28. The Hall–Kier alpha value is -3.18. The van der Waals surface area contributed by atoms with Gasteiger partial charge in [0, 0.05) is 26.1 Å². The molecule has 11 heteroatoms. The van der Waals surface area contributed by atoms with Gasteiger partial charge in [0.1, 0.15) is 30.0 Å². The van der Waals surface area contributed by atoms with Crippen molar-refractivity contribution in [3.8, 4) is 5.75 Å². The highest BCUT2D eigenvalue weighted by Crippen LogP contribution is 2.23. The van der Waals surface area contributed by atoms with Crippen LogP contribution in [-0.4, -0.2) is 99.7 Å². The molecule has 0 spiro atoms. The van der Waals surface area contributed by atoms with E-state index in [-0.39, 0.29) is 18.1 Å². The molecule has 1 aromatic rings. The highest BCUT2D eigenvalue weighted by Gasteiger charge is 2.41. The summed E-state index contributed by atoms with van der Waals surface area (Å²) in [5.74, 6) is -2.65. The molecule has 1 saturated heterocycles. The Bertz CT molecular complexity index is 1050. The first-order valence-electron chi connectivity index (χ1n) is 15.6. The fourth-order valence-electron chi connectivity index (χ4n) is 5.68. The first kappa shape index (κ1) is 36.0. The van der Waals surface area contributed by atoms with E-state index in [1.54, 1.807) is 19.2 Å². The normalized spacial score (nSPS) is 17.7. The number of nitrogens with one attached hydrogen (secondary N) is 2. The van der Waals surface area contributed by atoms with E-state index in [0.29, 0.717) is 37.8 Å². The third kappa shape index (κ3) is 10.8. The molecule has 2 rings (SSSR count). The van der Waals surface area contributed by atoms with Gasteiger partial charge in [0.05, 0.1) is 0 Å². The molecule has 0 aliphatic carbocycles. The average Bonchev–Trinajstić information content (AvgIpc) is 3.47. The number of aliphatic carboxylic acids is 1. The van der Waals surface area contributed by atoms with E-state index in [2.05, 4.69) is 17.6 Å². The molecule has 1 aromatic carbocycles. The van der Waals surface area contributed by atoms with Crippen LogP contribution in [0.15, 0.2) is 24.3 Å². The smallest absolute Gasteiger partial charge is 0.326 e. The Labute approximate surface area is 256 Å².